The Balaban J connectivity index is 2.63. The molecule has 1 aromatic rings. The van der Waals surface area contributed by atoms with Gasteiger partial charge in [0.2, 0.25) is 5.91 Å². The maximum Gasteiger partial charge on any atom is 0.261 e. The van der Waals surface area contributed by atoms with Crippen LogP contribution in [0.3, 0.4) is 0 Å². The van der Waals surface area contributed by atoms with Gasteiger partial charge < -0.3 is 10.4 Å². The smallest absolute Gasteiger partial charge is 0.261 e. The molecule has 19 heavy (non-hydrogen) atoms. The van der Waals surface area contributed by atoms with E-state index in [4.69, 9.17) is 5.11 Å². The third-order valence-corrected chi connectivity index (χ3v) is 3.54. The molecular weight excluding hydrogens is 268 g/mol. The van der Waals surface area contributed by atoms with Crippen molar-refractivity contribution in [1.29, 1.82) is 0 Å². The first-order chi connectivity index (χ1) is 8.95. The van der Waals surface area contributed by atoms with E-state index in [-0.39, 0.29) is 18.0 Å². The second-order valence-electron chi connectivity index (χ2n) is 3.78. The Labute approximate surface area is 112 Å². The lowest BCUT2D eigenvalue weighted by molar-refractivity contribution is -0.116. The average molecular weight is 284 g/mol. The highest BCUT2D eigenvalue weighted by molar-refractivity contribution is 7.89. The molecule has 0 aliphatic rings. The van der Waals surface area contributed by atoms with Gasteiger partial charge in [-0.3, -0.25) is 9.52 Å². The molecule has 1 amide bonds. The molecule has 0 aliphatic heterocycles. The summed E-state index contributed by atoms with van der Waals surface area (Å²) in [6.07, 6.45) is 2.09. The number of aryl methyl sites for hydroxylation is 1. The van der Waals surface area contributed by atoms with E-state index in [1.165, 1.54) is 12.1 Å². The molecule has 0 saturated heterocycles. The van der Waals surface area contributed by atoms with E-state index in [0.29, 0.717) is 0 Å². The van der Waals surface area contributed by atoms with Crippen molar-refractivity contribution in [3.05, 3.63) is 42.1 Å². The Kier molecular flexibility index (Phi) is 5.53. The number of carbonyl (C=O) groups is 1. The molecule has 1 rings (SSSR count). The van der Waals surface area contributed by atoms with Crippen LogP contribution in [0, 0.1) is 6.92 Å². The van der Waals surface area contributed by atoms with Crippen LogP contribution in [0.4, 0.5) is 0 Å². The van der Waals surface area contributed by atoms with Crippen LogP contribution in [-0.2, 0) is 14.8 Å². The first-order valence-corrected chi connectivity index (χ1v) is 7.08. The molecule has 0 unspecified atom stereocenters. The topological polar surface area (TPSA) is 95.5 Å². The summed E-state index contributed by atoms with van der Waals surface area (Å²) < 4.78 is 25.8. The molecule has 3 N–H and O–H groups in total. The molecule has 0 bridgehead atoms. The summed E-state index contributed by atoms with van der Waals surface area (Å²) in [6, 6.07) is 6.34. The van der Waals surface area contributed by atoms with Crippen LogP contribution in [-0.4, -0.2) is 32.6 Å². The second kappa shape index (κ2) is 6.91. The van der Waals surface area contributed by atoms with Gasteiger partial charge in [-0.25, -0.2) is 8.42 Å². The van der Waals surface area contributed by atoms with Crippen LogP contribution in [0.2, 0.25) is 0 Å². The average Bonchev–Trinajstić information content (AvgIpc) is 2.36. The summed E-state index contributed by atoms with van der Waals surface area (Å²) in [5, 5.41) is 10.8. The number of hydrogen-bond acceptors (Lipinski definition) is 4. The van der Waals surface area contributed by atoms with E-state index >= 15 is 0 Å². The van der Waals surface area contributed by atoms with E-state index in [2.05, 4.69) is 10.0 Å². The summed E-state index contributed by atoms with van der Waals surface area (Å²) >= 11 is 0. The molecule has 6 nitrogen and oxygen atoms in total. The van der Waals surface area contributed by atoms with Crippen LogP contribution in [0.15, 0.2) is 41.4 Å². The van der Waals surface area contributed by atoms with E-state index in [1.54, 1.807) is 12.1 Å². The van der Waals surface area contributed by atoms with Crippen molar-refractivity contribution in [3.63, 3.8) is 0 Å². The minimum Gasteiger partial charge on any atom is -0.395 e. The van der Waals surface area contributed by atoms with Crippen LogP contribution < -0.4 is 10.0 Å². The third kappa shape index (κ3) is 5.11. The van der Waals surface area contributed by atoms with Gasteiger partial charge in [0.25, 0.3) is 10.0 Å². The molecule has 1 aromatic carbocycles. The Morgan fingerprint density at radius 2 is 1.95 bits per heavy atom. The highest BCUT2D eigenvalue weighted by atomic mass is 32.2. The van der Waals surface area contributed by atoms with E-state index in [9.17, 15) is 13.2 Å². The van der Waals surface area contributed by atoms with Gasteiger partial charge in [0.1, 0.15) is 0 Å². The van der Waals surface area contributed by atoms with Crippen molar-refractivity contribution in [2.75, 3.05) is 13.2 Å². The van der Waals surface area contributed by atoms with Gasteiger partial charge in [-0.2, -0.15) is 0 Å². The number of nitrogens with one attached hydrogen (secondary N) is 2. The Bertz CT molecular complexity index is 550. The van der Waals surface area contributed by atoms with Gasteiger partial charge in [0, 0.05) is 18.8 Å². The monoisotopic (exact) mass is 284 g/mol. The summed E-state index contributed by atoms with van der Waals surface area (Å²) in [7, 11) is -3.66. The molecule has 0 atom stereocenters. The predicted molar refractivity (Wildman–Crippen MR) is 70.7 cm³/mol. The molecule has 7 heteroatoms. The van der Waals surface area contributed by atoms with Crippen LogP contribution in [0.1, 0.15) is 5.56 Å². The van der Waals surface area contributed by atoms with Crippen molar-refractivity contribution in [1.82, 2.24) is 10.0 Å². The van der Waals surface area contributed by atoms with Crippen LogP contribution in [0.5, 0.6) is 0 Å². The SMILES string of the molecule is Cc1ccc(S(=O)(=O)N/C=C\C(=O)NCCO)cc1. The standard InChI is InChI=1S/C12H16N2O4S/c1-10-2-4-11(5-3-10)19(17,18)14-7-6-12(16)13-8-9-15/h2-7,14-15H,8-9H2,1H3,(H,13,16)/b7-6-. The number of benzene rings is 1. The lowest BCUT2D eigenvalue weighted by Crippen LogP contribution is -2.25. The minimum absolute atomic E-state index is 0.119. The quantitative estimate of drug-likeness (QED) is 0.635. The summed E-state index contributed by atoms with van der Waals surface area (Å²) in [4.78, 5) is 11.2. The first kappa shape index (κ1) is 15.2. The number of aliphatic hydroxyl groups excluding tert-OH is 1. The predicted octanol–water partition coefficient (Wildman–Crippen LogP) is -0.104. The zero-order valence-electron chi connectivity index (χ0n) is 10.5. The van der Waals surface area contributed by atoms with Crippen molar-refractivity contribution in [2.24, 2.45) is 0 Å². The lowest BCUT2D eigenvalue weighted by Gasteiger charge is -2.04. The van der Waals surface area contributed by atoms with Crippen molar-refractivity contribution >= 4 is 15.9 Å². The number of hydrogen-bond donors (Lipinski definition) is 3. The molecular formula is C12H16N2O4S. The number of amides is 1. The fraction of sp³-hybridized carbons (Fsp3) is 0.250. The highest BCUT2D eigenvalue weighted by Crippen LogP contribution is 2.09. The Morgan fingerprint density at radius 3 is 2.53 bits per heavy atom. The first-order valence-electron chi connectivity index (χ1n) is 5.60. The molecule has 0 radical (unpaired) electrons. The largest absolute Gasteiger partial charge is 0.395 e. The van der Waals surface area contributed by atoms with Gasteiger partial charge in [0.05, 0.1) is 11.5 Å². The van der Waals surface area contributed by atoms with Crippen molar-refractivity contribution in [3.8, 4) is 0 Å². The Morgan fingerprint density at radius 1 is 1.32 bits per heavy atom. The number of aliphatic hydroxyl groups is 1. The van der Waals surface area contributed by atoms with Crippen molar-refractivity contribution < 1.29 is 18.3 Å². The third-order valence-electron chi connectivity index (χ3n) is 2.20. The number of rotatable bonds is 6. The maximum absolute atomic E-state index is 11.8. The van der Waals surface area contributed by atoms with Crippen LogP contribution in [0.25, 0.3) is 0 Å². The minimum atomic E-state index is -3.66. The summed E-state index contributed by atoms with van der Waals surface area (Å²) in [6.45, 7) is 1.80. The van der Waals surface area contributed by atoms with E-state index in [0.717, 1.165) is 17.8 Å². The molecule has 0 heterocycles. The lowest BCUT2D eigenvalue weighted by atomic mass is 10.2. The number of carbonyl (C=O) groups excluding carboxylic acids is 1. The highest BCUT2D eigenvalue weighted by Gasteiger charge is 2.10. The normalized spacial score (nSPS) is 11.5. The van der Waals surface area contributed by atoms with E-state index < -0.39 is 15.9 Å². The van der Waals surface area contributed by atoms with Crippen molar-refractivity contribution in [2.45, 2.75) is 11.8 Å². The van der Waals surface area contributed by atoms with Crippen LogP contribution >= 0.6 is 0 Å². The molecule has 0 aromatic heterocycles. The molecule has 0 spiro atoms. The molecule has 0 aliphatic carbocycles. The van der Waals surface area contributed by atoms with Gasteiger partial charge in [-0.05, 0) is 19.1 Å². The molecule has 0 fully saturated rings. The second-order valence-corrected chi connectivity index (χ2v) is 5.50. The zero-order chi connectivity index (χ0) is 14.3. The summed E-state index contributed by atoms with van der Waals surface area (Å²) in [5.41, 5.74) is 0.956. The fourth-order valence-corrected chi connectivity index (χ4v) is 2.10. The van der Waals surface area contributed by atoms with Gasteiger partial charge in [-0.1, -0.05) is 17.7 Å². The summed E-state index contributed by atoms with van der Waals surface area (Å²) in [5.74, 6) is -0.486. The number of sulfonamides is 1. The maximum atomic E-state index is 11.8. The van der Waals surface area contributed by atoms with E-state index in [1.807, 2.05) is 6.92 Å². The Hall–Kier alpha value is -1.86. The van der Waals surface area contributed by atoms with Gasteiger partial charge in [0.15, 0.2) is 0 Å². The molecule has 104 valence electrons. The molecule has 0 saturated carbocycles. The fourth-order valence-electron chi connectivity index (χ4n) is 1.22. The van der Waals surface area contributed by atoms with Gasteiger partial charge in [-0.15, -0.1) is 0 Å². The zero-order valence-corrected chi connectivity index (χ0v) is 11.3. The van der Waals surface area contributed by atoms with Gasteiger partial charge >= 0.3 is 0 Å².